The monoisotopic (exact) mass is 372 g/mol. The number of hydrogen-bond donors (Lipinski definition) is 1. The molecule has 2 N–H and O–H groups in total. The molecule has 2 saturated heterocycles. The molecule has 0 unspecified atom stereocenters. The van der Waals surface area contributed by atoms with E-state index in [1.807, 2.05) is 0 Å². The maximum atomic E-state index is 12.3. The van der Waals surface area contributed by atoms with Gasteiger partial charge < -0.3 is 10.6 Å². The van der Waals surface area contributed by atoms with Gasteiger partial charge in [-0.15, -0.1) is 0 Å². The summed E-state index contributed by atoms with van der Waals surface area (Å²) in [5.41, 5.74) is 5.86. The van der Waals surface area contributed by atoms with Crippen molar-refractivity contribution in [3.05, 3.63) is 30.3 Å². The average molecular weight is 372 g/mol. The number of likely N-dealkylation sites (tertiary alicyclic amines) is 1. The molecule has 0 aliphatic carbocycles. The number of sulfone groups is 2. The third-order valence-corrected chi connectivity index (χ3v) is 8.79. The van der Waals surface area contributed by atoms with E-state index in [2.05, 4.69) is 0 Å². The van der Waals surface area contributed by atoms with E-state index in [0.717, 1.165) is 0 Å². The van der Waals surface area contributed by atoms with Crippen molar-refractivity contribution in [1.29, 1.82) is 0 Å². The van der Waals surface area contributed by atoms with Crippen molar-refractivity contribution in [2.75, 3.05) is 24.6 Å². The van der Waals surface area contributed by atoms with Gasteiger partial charge >= 0.3 is 0 Å². The van der Waals surface area contributed by atoms with Crippen molar-refractivity contribution in [3.63, 3.8) is 0 Å². The quantitative estimate of drug-likeness (QED) is 0.757. The zero-order valence-corrected chi connectivity index (χ0v) is 14.7. The molecule has 0 radical (unpaired) electrons. The van der Waals surface area contributed by atoms with E-state index in [1.54, 1.807) is 18.2 Å². The highest BCUT2D eigenvalue weighted by Gasteiger charge is 2.51. The smallest absolute Gasteiger partial charge is 0.223 e. The van der Waals surface area contributed by atoms with Crippen LogP contribution in [0.15, 0.2) is 35.2 Å². The second-order valence-electron chi connectivity index (χ2n) is 6.38. The van der Waals surface area contributed by atoms with E-state index in [1.165, 1.54) is 17.0 Å². The lowest BCUT2D eigenvalue weighted by atomic mass is 10.0. The summed E-state index contributed by atoms with van der Waals surface area (Å²) in [6.07, 6.45) is -0.161. The van der Waals surface area contributed by atoms with Crippen LogP contribution in [0.4, 0.5) is 0 Å². The molecule has 1 aromatic rings. The topological polar surface area (TPSA) is 115 Å². The van der Waals surface area contributed by atoms with Crippen molar-refractivity contribution in [2.24, 2.45) is 11.7 Å². The lowest BCUT2D eigenvalue weighted by Crippen LogP contribution is -2.36. The molecular formula is C15H20N2O5S2. The molecule has 0 spiro atoms. The molecule has 24 heavy (non-hydrogen) atoms. The van der Waals surface area contributed by atoms with Gasteiger partial charge in [0.05, 0.1) is 21.7 Å². The molecule has 3 rings (SSSR count). The number of fused-ring (bicyclic) bond motifs is 1. The van der Waals surface area contributed by atoms with E-state index in [9.17, 15) is 21.6 Å². The summed E-state index contributed by atoms with van der Waals surface area (Å²) >= 11 is 0. The SMILES string of the molecule is N[C@@H]1CS(=O)(=O)[C@H]2CN(C(=O)CCS(=O)(=O)c3ccccc3)C[C@@H]12. The molecule has 1 aromatic carbocycles. The first-order valence-corrected chi connectivity index (χ1v) is 11.1. The minimum Gasteiger partial charge on any atom is -0.341 e. The molecule has 0 saturated carbocycles. The van der Waals surface area contributed by atoms with Crippen LogP contribution in [0.25, 0.3) is 0 Å². The van der Waals surface area contributed by atoms with Gasteiger partial charge in [0.1, 0.15) is 0 Å². The standard InChI is InChI=1S/C15H20N2O5S2/c16-13-10-24(21,22)14-9-17(8-12(13)14)15(18)6-7-23(19,20)11-4-2-1-3-5-11/h1-5,12-14H,6-10,16H2/t12-,13+,14-/m0/s1. The zero-order valence-electron chi connectivity index (χ0n) is 13.0. The highest BCUT2D eigenvalue weighted by atomic mass is 32.2. The summed E-state index contributed by atoms with van der Waals surface area (Å²) < 4.78 is 48.5. The maximum Gasteiger partial charge on any atom is 0.223 e. The van der Waals surface area contributed by atoms with Crippen LogP contribution in [-0.4, -0.2) is 63.5 Å². The Balaban J connectivity index is 1.63. The molecule has 2 fully saturated rings. The van der Waals surface area contributed by atoms with Crippen molar-refractivity contribution in [1.82, 2.24) is 4.90 Å². The van der Waals surface area contributed by atoms with E-state index in [0.29, 0.717) is 0 Å². The second kappa shape index (κ2) is 6.12. The minimum atomic E-state index is -3.53. The van der Waals surface area contributed by atoms with Crippen molar-refractivity contribution >= 4 is 25.6 Å². The number of carbonyl (C=O) groups excluding carboxylic acids is 1. The van der Waals surface area contributed by atoms with Crippen LogP contribution in [0.2, 0.25) is 0 Å². The van der Waals surface area contributed by atoms with E-state index in [-0.39, 0.29) is 47.7 Å². The predicted molar refractivity (Wildman–Crippen MR) is 88.7 cm³/mol. The Bertz CT molecular complexity index is 836. The summed E-state index contributed by atoms with van der Waals surface area (Å²) in [4.78, 5) is 13.9. The normalized spacial score (nSPS) is 28.7. The van der Waals surface area contributed by atoms with Crippen molar-refractivity contribution < 1.29 is 21.6 Å². The number of carbonyl (C=O) groups is 1. The Morgan fingerprint density at radius 2 is 1.88 bits per heavy atom. The van der Waals surface area contributed by atoms with Gasteiger partial charge in [-0.25, -0.2) is 16.8 Å². The van der Waals surface area contributed by atoms with Gasteiger partial charge in [-0.3, -0.25) is 4.79 Å². The lowest BCUT2D eigenvalue weighted by Gasteiger charge is -2.18. The maximum absolute atomic E-state index is 12.3. The highest BCUT2D eigenvalue weighted by molar-refractivity contribution is 7.92. The number of benzene rings is 1. The van der Waals surface area contributed by atoms with Crippen LogP contribution in [0.1, 0.15) is 6.42 Å². The highest BCUT2D eigenvalue weighted by Crippen LogP contribution is 2.33. The fourth-order valence-corrected chi connectivity index (χ4v) is 6.94. The average Bonchev–Trinajstić information content (AvgIpc) is 3.07. The van der Waals surface area contributed by atoms with Gasteiger partial charge in [-0.1, -0.05) is 18.2 Å². The van der Waals surface area contributed by atoms with Crippen LogP contribution in [0.5, 0.6) is 0 Å². The van der Waals surface area contributed by atoms with E-state index < -0.39 is 31.0 Å². The Morgan fingerprint density at radius 3 is 2.50 bits per heavy atom. The fourth-order valence-electron chi connectivity index (χ4n) is 3.43. The third kappa shape index (κ3) is 3.20. The largest absolute Gasteiger partial charge is 0.341 e. The zero-order chi connectivity index (χ0) is 17.5. The summed E-state index contributed by atoms with van der Waals surface area (Å²) in [5.74, 6) is -0.913. The number of hydrogen-bond acceptors (Lipinski definition) is 6. The molecule has 2 heterocycles. The van der Waals surface area contributed by atoms with Crippen molar-refractivity contribution in [2.45, 2.75) is 22.6 Å². The molecule has 9 heteroatoms. The molecule has 0 bridgehead atoms. The minimum absolute atomic E-state index is 0.0350. The van der Waals surface area contributed by atoms with Crippen LogP contribution in [0.3, 0.4) is 0 Å². The molecule has 2 aliphatic heterocycles. The first-order chi connectivity index (χ1) is 11.2. The van der Waals surface area contributed by atoms with Crippen LogP contribution >= 0.6 is 0 Å². The molecular weight excluding hydrogens is 352 g/mol. The predicted octanol–water partition coefficient (Wildman–Crippen LogP) is -0.567. The number of nitrogens with zero attached hydrogens (tertiary/aromatic N) is 1. The molecule has 1 amide bonds. The van der Waals surface area contributed by atoms with E-state index >= 15 is 0 Å². The Hall–Kier alpha value is -1.45. The molecule has 0 aromatic heterocycles. The molecule has 3 atom stereocenters. The third-order valence-electron chi connectivity index (χ3n) is 4.78. The Kier molecular flexibility index (Phi) is 4.43. The van der Waals surface area contributed by atoms with Gasteiger partial charge in [0, 0.05) is 31.5 Å². The molecule has 2 aliphatic rings. The number of rotatable bonds is 4. The second-order valence-corrected chi connectivity index (χ2v) is 10.8. The summed E-state index contributed by atoms with van der Waals surface area (Å²) in [6.45, 7) is 0.403. The van der Waals surface area contributed by atoms with Gasteiger partial charge in [-0.2, -0.15) is 0 Å². The Labute approximate surface area is 141 Å². The van der Waals surface area contributed by atoms with Gasteiger partial charge in [0.25, 0.3) is 0 Å². The molecule has 132 valence electrons. The number of nitrogens with two attached hydrogens (primary N) is 1. The van der Waals surface area contributed by atoms with E-state index in [4.69, 9.17) is 5.73 Å². The van der Waals surface area contributed by atoms with Gasteiger partial charge in [0.15, 0.2) is 19.7 Å². The van der Waals surface area contributed by atoms with Crippen LogP contribution in [0, 0.1) is 5.92 Å². The van der Waals surface area contributed by atoms with Crippen LogP contribution in [-0.2, 0) is 24.5 Å². The molecule has 7 nitrogen and oxygen atoms in total. The summed E-state index contributed by atoms with van der Waals surface area (Å²) in [7, 11) is -6.79. The Morgan fingerprint density at radius 1 is 1.21 bits per heavy atom. The summed E-state index contributed by atoms with van der Waals surface area (Å²) in [5, 5.41) is -0.609. The van der Waals surface area contributed by atoms with Crippen LogP contribution < -0.4 is 5.73 Å². The fraction of sp³-hybridized carbons (Fsp3) is 0.533. The first kappa shape index (κ1) is 17.4. The summed E-state index contributed by atoms with van der Waals surface area (Å²) in [6, 6.07) is 7.50. The van der Waals surface area contributed by atoms with Crippen molar-refractivity contribution in [3.8, 4) is 0 Å². The first-order valence-electron chi connectivity index (χ1n) is 7.73. The van der Waals surface area contributed by atoms with Gasteiger partial charge in [-0.05, 0) is 12.1 Å². The van der Waals surface area contributed by atoms with Gasteiger partial charge in [0.2, 0.25) is 5.91 Å². The number of amides is 1. The lowest BCUT2D eigenvalue weighted by molar-refractivity contribution is -0.129.